The van der Waals surface area contributed by atoms with Gasteiger partial charge in [0.15, 0.2) is 9.84 Å². The van der Waals surface area contributed by atoms with Gasteiger partial charge in [-0.3, -0.25) is 9.52 Å². The van der Waals surface area contributed by atoms with E-state index in [0.29, 0.717) is 16.8 Å². The average molecular weight is 396 g/mol. The third-order valence-electron chi connectivity index (χ3n) is 3.57. The van der Waals surface area contributed by atoms with Gasteiger partial charge in [-0.1, -0.05) is 18.2 Å². The Morgan fingerprint density at radius 3 is 2.31 bits per heavy atom. The molecule has 140 valence electrons. The van der Waals surface area contributed by atoms with Gasteiger partial charge in [-0.2, -0.15) is 0 Å². The number of sulfone groups is 1. The molecule has 26 heavy (non-hydrogen) atoms. The van der Waals surface area contributed by atoms with E-state index in [1.54, 1.807) is 37.3 Å². The molecule has 0 unspecified atom stereocenters. The van der Waals surface area contributed by atoms with Crippen LogP contribution in [0.15, 0.2) is 47.4 Å². The molecule has 0 aromatic heterocycles. The van der Waals surface area contributed by atoms with Gasteiger partial charge in [0, 0.05) is 24.1 Å². The number of rotatable bonds is 6. The largest absolute Gasteiger partial charge is 0.348 e. The SMILES string of the molecule is Cc1ccc(S(C)(=O)=O)cc1C(=O)NCc1cccc(NS(C)(=O)=O)c1. The monoisotopic (exact) mass is 396 g/mol. The minimum Gasteiger partial charge on any atom is -0.348 e. The number of nitrogens with one attached hydrogen (secondary N) is 2. The van der Waals surface area contributed by atoms with Crippen molar-refractivity contribution in [3.05, 3.63) is 59.2 Å². The molecule has 2 rings (SSSR count). The lowest BCUT2D eigenvalue weighted by Crippen LogP contribution is -2.24. The van der Waals surface area contributed by atoms with Crippen molar-refractivity contribution in [2.75, 3.05) is 17.2 Å². The molecule has 0 aliphatic heterocycles. The first kappa shape index (κ1) is 19.9. The molecule has 0 radical (unpaired) electrons. The van der Waals surface area contributed by atoms with E-state index in [-0.39, 0.29) is 17.0 Å². The molecule has 0 saturated carbocycles. The minimum atomic E-state index is -3.41. The molecule has 0 fully saturated rings. The van der Waals surface area contributed by atoms with E-state index in [4.69, 9.17) is 0 Å². The Balaban J connectivity index is 2.16. The standard InChI is InChI=1S/C17H20N2O5S2/c1-12-7-8-15(25(2,21)22)10-16(12)17(20)18-11-13-5-4-6-14(9-13)19-26(3,23)24/h4-10,19H,11H2,1-3H3,(H,18,20). The third kappa shape index (κ3) is 5.57. The van der Waals surface area contributed by atoms with Crippen LogP contribution in [0.4, 0.5) is 5.69 Å². The summed E-state index contributed by atoms with van der Waals surface area (Å²) in [6.45, 7) is 1.89. The van der Waals surface area contributed by atoms with Crippen molar-refractivity contribution in [3.63, 3.8) is 0 Å². The van der Waals surface area contributed by atoms with Gasteiger partial charge in [0.05, 0.1) is 11.2 Å². The second-order valence-corrected chi connectivity index (χ2v) is 9.77. The van der Waals surface area contributed by atoms with Crippen LogP contribution in [-0.2, 0) is 26.4 Å². The van der Waals surface area contributed by atoms with Gasteiger partial charge in [0.25, 0.3) is 5.91 Å². The Labute approximate surface area is 153 Å². The Morgan fingerprint density at radius 2 is 1.69 bits per heavy atom. The Hall–Kier alpha value is -2.39. The molecule has 2 N–H and O–H groups in total. The number of hydrogen-bond donors (Lipinski definition) is 2. The number of amides is 1. The van der Waals surface area contributed by atoms with Gasteiger partial charge in [0.2, 0.25) is 10.0 Å². The van der Waals surface area contributed by atoms with Crippen molar-refractivity contribution in [2.24, 2.45) is 0 Å². The minimum absolute atomic E-state index is 0.0765. The second-order valence-electron chi connectivity index (χ2n) is 6.01. The summed E-state index contributed by atoms with van der Waals surface area (Å²) in [6, 6.07) is 11.0. The molecular weight excluding hydrogens is 376 g/mol. The van der Waals surface area contributed by atoms with Gasteiger partial charge in [-0.15, -0.1) is 0 Å². The fourth-order valence-electron chi connectivity index (χ4n) is 2.31. The van der Waals surface area contributed by atoms with Gasteiger partial charge in [-0.25, -0.2) is 16.8 Å². The normalized spacial score (nSPS) is 11.8. The topological polar surface area (TPSA) is 109 Å². The molecule has 0 heterocycles. The first-order valence-corrected chi connectivity index (χ1v) is 11.4. The Kier molecular flexibility index (Phi) is 5.72. The fraction of sp³-hybridized carbons (Fsp3) is 0.235. The summed E-state index contributed by atoms with van der Waals surface area (Å²) in [4.78, 5) is 12.5. The number of anilines is 1. The summed E-state index contributed by atoms with van der Waals surface area (Å²) >= 11 is 0. The summed E-state index contributed by atoms with van der Waals surface area (Å²) in [6.07, 6.45) is 2.14. The molecular formula is C17H20N2O5S2. The number of carbonyl (C=O) groups is 1. The highest BCUT2D eigenvalue weighted by atomic mass is 32.2. The number of benzene rings is 2. The highest BCUT2D eigenvalue weighted by Crippen LogP contribution is 2.16. The van der Waals surface area contributed by atoms with Crippen LogP contribution in [0.2, 0.25) is 0 Å². The molecule has 2 aromatic carbocycles. The maximum Gasteiger partial charge on any atom is 0.251 e. The van der Waals surface area contributed by atoms with Crippen LogP contribution in [0.25, 0.3) is 0 Å². The molecule has 1 amide bonds. The van der Waals surface area contributed by atoms with Gasteiger partial charge in [0.1, 0.15) is 0 Å². The number of hydrogen-bond acceptors (Lipinski definition) is 5. The zero-order valence-corrected chi connectivity index (χ0v) is 16.2. The van der Waals surface area contributed by atoms with E-state index in [1.165, 1.54) is 12.1 Å². The second kappa shape index (κ2) is 7.46. The molecule has 2 aromatic rings. The van der Waals surface area contributed by atoms with E-state index in [9.17, 15) is 21.6 Å². The maximum atomic E-state index is 12.4. The highest BCUT2D eigenvalue weighted by molar-refractivity contribution is 7.92. The molecule has 9 heteroatoms. The van der Waals surface area contributed by atoms with E-state index < -0.39 is 25.8 Å². The summed E-state index contributed by atoms with van der Waals surface area (Å²) in [5.41, 5.74) is 2.03. The molecule has 0 atom stereocenters. The lowest BCUT2D eigenvalue weighted by molar-refractivity contribution is 0.0950. The van der Waals surface area contributed by atoms with Crippen molar-refractivity contribution in [2.45, 2.75) is 18.4 Å². The summed E-state index contributed by atoms with van der Waals surface area (Å²) < 4.78 is 48.3. The van der Waals surface area contributed by atoms with Gasteiger partial charge < -0.3 is 5.32 Å². The van der Waals surface area contributed by atoms with Crippen molar-refractivity contribution < 1.29 is 21.6 Å². The van der Waals surface area contributed by atoms with Crippen LogP contribution in [0, 0.1) is 6.92 Å². The third-order valence-corrected chi connectivity index (χ3v) is 5.28. The molecule has 0 spiro atoms. The van der Waals surface area contributed by atoms with Crippen LogP contribution in [-0.4, -0.2) is 35.3 Å². The first-order valence-electron chi connectivity index (χ1n) is 7.61. The first-order chi connectivity index (χ1) is 12.0. The quantitative estimate of drug-likeness (QED) is 0.772. The van der Waals surface area contributed by atoms with Crippen molar-refractivity contribution in [1.29, 1.82) is 0 Å². The van der Waals surface area contributed by atoms with Crippen molar-refractivity contribution in [3.8, 4) is 0 Å². The Morgan fingerprint density at radius 1 is 1.00 bits per heavy atom. The lowest BCUT2D eigenvalue weighted by Gasteiger charge is -2.10. The van der Waals surface area contributed by atoms with Crippen LogP contribution in [0.3, 0.4) is 0 Å². The smallest absolute Gasteiger partial charge is 0.251 e. The predicted molar refractivity (Wildman–Crippen MR) is 100 cm³/mol. The van der Waals surface area contributed by atoms with E-state index in [1.807, 2.05) is 0 Å². The summed E-state index contributed by atoms with van der Waals surface area (Å²) in [5.74, 6) is -0.408. The van der Waals surface area contributed by atoms with Crippen molar-refractivity contribution in [1.82, 2.24) is 5.32 Å². The van der Waals surface area contributed by atoms with Crippen LogP contribution < -0.4 is 10.0 Å². The van der Waals surface area contributed by atoms with E-state index >= 15 is 0 Å². The highest BCUT2D eigenvalue weighted by Gasteiger charge is 2.14. The average Bonchev–Trinajstić information content (AvgIpc) is 2.50. The Bertz CT molecular complexity index is 1040. The zero-order valence-electron chi connectivity index (χ0n) is 14.6. The van der Waals surface area contributed by atoms with Gasteiger partial charge >= 0.3 is 0 Å². The maximum absolute atomic E-state index is 12.4. The molecule has 0 aliphatic carbocycles. The van der Waals surface area contributed by atoms with Crippen LogP contribution in [0.1, 0.15) is 21.5 Å². The lowest BCUT2D eigenvalue weighted by atomic mass is 10.1. The summed E-state index contributed by atoms with van der Waals surface area (Å²) in [7, 11) is -6.80. The van der Waals surface area contributed by atoms with Gasteiger partial charge in [-0.05, 0) is 42.3 Å². The van der Waals surface area contributed by atoms with Crippen LogP contribution in [0.5, 0.6) is 0 Å². The molecule has 0 aliphatic rings. The number of carbonyl (C=O) groups excluding carboxylic acids is 1. The molecule has 7 nitrogen and oxygen atoms in total. The fourth-order valence-corrected chi connectivity index (χ4v) is 3.52. The van der Waals surface area contributed by atoms with E-state index in [0.717, 1.165) is 12.5 Å². The molecule has 0 saturated heterocycles. The zero-order chi connectivity index (χ0) is 19.5. The predicted octanol–water partition coefficient (Wildman–Crippen LogP) is 1.70. The van der Waals surface area contributed by atoms with E-state index in [2.05, 4.69) is 10.0 Å². The number of aryl methyl sites for hydroxylation is 1. The summed E-state index contributed by atoms with van der Waals surface area (Å²) in [5, 5.41) is 2.71. The molecule has 0 bridgehead atoms. The number of sulfonamides is 1. The van der Waals surface area contributed by atoms with Crippen LogP contribution >= 0.6 is 0 Å². The van der Waals surface area contributed by atoms with Crippen molar-refractivity contribution >= 4 is 31.5 Å².